The molecule has 2 aromatic rings. The van der Waals surface area contributed by atoms with E-state index in [0.29, 0.717) is 5.92 Å². The van der Waals surface area contributed by atoms with Crippen molar-refractivity contribution >= 4 is 11.4 Å². The topological polar surface area (TPSA) is 17.1 Å². The smallest absolute Gasteiger partial charge is 0.133 e. The molecule has 0 fully saturated rings. The number of rotatable bonds is 6. The third-order valence-electron chi connectivity index (χ3n) is 5.53. The van der Waals surface area contributed by atoms with Gasteiger partial charge in [0.1, 0.15) is 11.6 Å². The molecule has 0 saturated carbocycles. The molecule has 1 nitrogen and oxygen atoms in total. The third kappa shape index (κ3) is 4.55. The minimum absolute atomic E-state index is 0.0615. The number of hydrogen-bond acceptors (Lipinski definition) is 1. The van der Waals surface area contributed by atoms with Gasteiger partial charge in [-0.15, -0.1) is 0 Å². The van der Waals surface area contributed by atoms with Crippen molar-refractivity contribution in [2.45, 2.75) is 52.9 Å². The largest absolute Gasteiger partial charge is 0.300 e. The zero-order chi connectivity index (χ0) is 19.8. The maximum Gasteiger partial charge on any atom is 0.133 e. The average molecular weight is 365 g/mol. The van der Waals surface area contributed by atoms with Gasteiger partial charge in [0.2, 0.25) is 0 Å². The van der Waals surface area contributed by atoms with Gasteiger partial charge >= 0.3 is 0 Å². The van der Waals surface area contributed by atoms with Crippen LogP contribution in [0.25, 0.3) is 5.57 Å². The van der Waals surface area contributed by atoms with Gasteiger partial charge in [-0.05, 0) is 71.6 Å². The minimum atomic E-state index is -0.202. The Bertz CT molecular complexity index is 855. The van der Waals surface area contributed by atoms with Crippen LogP contribution in [0.3, 0.4) is 0 Å². The Balaban J connectivity index is 1.73. The molecular weight excluding hydrogens is 335 g/mol. The van der Waals surface area contributed by atoms with Gasteiger partial charge in [0.15, 0.2) is 0 Å². The fourth-order valence-corrected chi connectivity index (χ4v) is 4.08. The number of halogens is 1. The molecule has 1 aliphatic rings. The maximum atomic E-state index is 13.1. The summed E-state index contributed by atoms with van der Waals surface area (Å²) < 4.78 is 13.1. The first kappa shape index (κ1) is 19.5. The van der Waals surface area contributed by atoms with E-state index in [2.05, 4.69) is 45.5 Å². The second-order valence-corrected chi connectivity index (χ2v) is 9.11. The Morgan fingerprint density at radius 1 is 1.11 bits per heavy atom. The van der Waals surface area contributed by atoms with Crippen molar-refractivity contribution in [3.63, 3.8) is 0 Å². The van der Waals surface area contributed by atoms with Crippen LogP contribution in [0.2, 0.25) is 0 Å². The molecule has 0 saturated heterocycles. The van der Waals surface area contributed by atoms with Gasteiger partial charge in [-0.25, -0.2) is 4.39 Å². The van der Waals surface area contributed by atoms with Crippen LogP contribution in [0.4, 0.5) is 4.39 Å². The monoisotopic (exact) mass is 364 g/mol. The summed E-state index contributed by atoms with van der Waals surface area (Å²) in [5, 5.41) is 0. The molecule has 0 N–H and O–H groups in total. The Morgan fingerprint density at radius 3 is 2.33 bits per heavy atom. The van der Waals surface area contributed by atoms with Crippen molar-refractivity contribution in [2.24, 2.45) is 11.3 Å². The van der Waals surface area contributed by atoms with E-state index in [-0.39, 0.29) is 22.9 Å². The molecule has 0 aromatic heterocycles. The Morgan fingerprint density at radius 2 is 1.74 bits per heavy atom. The summed E-state index contributed by atoms with van der Waals surface area (Å²) in [5.41, 5.74) is 6.14. The predicted octanol–water partition coefficient (Wildman–Crippen LogP) is 6.36. The zero-order valence-corrected chi connectivity index (χ0v) is 16.8. The lowest BCUT2D eigenvalue weighted by Crippen LogP contribution is -2.22. The van der Waals surface area contributed by atoms with E-state index in [4.69, 9.17) is 0 Å². The van der Waals surface area contributed by atoms with E-state index >= 15 is 0 Å². The molecule has 0 aliphatic heterocycles. The first-order chi connectivity index (χ1) is 12.6. The first-order valence-electron chi connectivity index (χ1n) is 9.71. The van der Waals surface area contributed by atoms with Crippen LogP contribution < -0.4 is 0 Å². The summed E-state index contributed by atoms with van der Waals surface area (Å²) in [6, 6.07) is 13.3. The summed E-state index contributed by atoms with van der Waals surface area (Å²) in [6.07, 6.45) is 2.54. The number of fused-ring (bicyclic) bond motifs is 1. The van der Waals surface area contributed by atoms with Gasteiger partial charge in [-0.2, -0.15) is 0 Å². The molecule has 142 valence electrons. The van der Waals surface area contributed by atoms with Gasteiger partial charge in [0.05, 0.1) is 0 Å². The molecule has 2 unspecified atom stereocenters. The van der Waals surface area contributed by atoms with Crippen LogP contribution in [0.15, 0.2) is 49.0 Å². The summed E-state index contributed by atoms with van der Waals surface area (Å²) >= 11 is 0. The number of carbonyl (C=O) groups is 1. The van der Waals surface area contributed by atoms with Crippen molar-refractivity contribution < 1.29 is 9.18 Å². The number of ketones is 1. The van der Waals surface area contributed by atoms with E-state index in [9.17, 15) is 9.18 Å². The second-order valence-electron chi connectivity index (χ2n) is 9.11. The average Bonchev–Trinajstić information content (AvgIpc) is 2.59. The van der Waals surface area contributed by atoms with Gasteiger partial charge in [0.25, 0.3) is 0 Å². The number of benzene rings is 2. The molecule has 0 spiro atoms. The van der Waals surface area contributed by atoms with E-state index in [1.807, 2.05) is 12.1 Å². The highest BCUT2D eigenvalue weighted by Crippen LogP contribution is 2.47. The summed E-state index contributed by atoms with van der Waals surface area (Å²) in [7, 11) is 0. The molecule has 0 bridgehead atoms. The van der Waals surface area contributed by atoms with Crippen molar-refractivity contribution in [2.75, 3.05) is 0 Å². The quantitative estimate of drug-likeness (QED) is 0.582. The first-order valence-corrected chi connectivity index (χ1v) is 9.71. The van der Waals surface area contributed by atoms with Crippen molar-refractivity contribution in [1.82, 2.24) is 0 Å². The summed E-state index contributed by atoms with van der Waals surface area (Å²) in [5.74, 6) is 0.427. The van der Waals surface area contributed by atoms with Crippen LogP contribution in [0.1, 0.15) is 62.3 Å². The molecule has 1 aliphatic carbocycles. The Kier molecular flexibility index (Phi) is 5.37. The van der Waals surface area contributed by atoms with Crippen LogP contribution in [0.5, 0.6) is 0 Å². The van der Waals surface area contributed by atoms with E-state index < -0.39 is 0 Å². The number of carbonyl (C=O) groups excluding carboxylic acids is 1. The fourth-order valence-electron chi connectivity index (χ4n) is 4.08. The number of hydrogen-bond donors (Lipinski definition) is 0. The SMILES string of the molecule is C=C1c2cc(CC(CC(C)(C)C)C(C)=O)ccc2C1Cc1ccc(F)cc1. The zero-order valence-electron chi connectivity index (χ0n) is 16.8. The van der Waals surface area contributed by atoms with Gasteiger partial charge in [-0.3, -0.25) is 4.79 Å². The highest BCUT2D eigenvalue weighted by Gasteiger charge is 2.31. The van der Waals surface area contributed by atoms with Crippen molar-refractivity contribution in [3.8, 4) is 0 Å². The van der Waals surface area contributed by atoms with E-state index in [1.165, 1.54) is 28.8 Å². The lowest BCUT2D eigenvalue weighted by molar-refractivity contribution is -0.121. The summed E-state index contributed by atoms with van der Waals surface area (Å²) in [6.45, 7) is 12.5. The molecule has 0 heterocycles. The molecule has 2 heteroatoms. The number of allylic oxidation sites excluding steroid dienone is 1. The van der Waals surface area contributed by atoms with Gasteiger partial charge in [0, 0.05) is 11.8 Å². The van der Waals surface area contributed by atoms with E-state index in [1.54, 1.807) is 6.92 Å². The lowest BCUT2D eigenvalue weighted by atomic mass is 9.70. The molecule has 2 aromatic carbocycles. The van der Waals surface area contributed by atoms with Crippen LogP contribution in [0, 0.1) is 17.2 Å². The number of Topliss-reactive ketones (excluding diaryl/α,β-unsaturated/α-hetero) is 1. The molecule has 3 rings (SSSR count). The molecule has 0 radical (unpaired) electrons. The Labute approximate surface area is 162 Å². The van der Waals surface area contributed by atoms with Crippen LogP contribution in [-0.4, -0.2) is 5.78 Å². The second kappa shape index (κ2) is 7.42. The van der Waals surface area contributed by atoms with Gasteiger partial charge < -0.3 is 0 Å². The molecule has 2 atom stereocenters. The van der Waals surface area contributed by atoms with Crippen molar-refractivity contribution in [3.05, 3.63) is 77.1 Å². The van der Waals surface area contributed by atoms with Crippen LogP contribution in [-0.2, 0) is 17.6 Å². The highest BCUT2D eigenvalue weighted by atomic mass is 19.1. The van der Waals surface area contributed by atoms with Gasteiger partial charge in [-0.1, -0.05) is 57.7 Å². The van der Waals surface area contributed by atoms with Crippen LogP contribution >= 0.6 is 0 Å². The normalized spacial score (nSPS) is 17.2. The third-order valence-corrected chi connectivity index (χ3v) is 5.53. The predicted molar refractivity (Wildman–Crippen MR) is 110 cm³/mol. The molecular formula is C25H29FO. The van der Waals surface area contributed by atoms with E-state index in [0.717, 1.165) is 30.4 Å². The molecule has 27 heavy (non-hydrogen) atoms. The molecule has 0 amide bonds. The maximum absolute atomic E-state index is 13.1. The standard InChI is InChI=1S/C25H29FO/c1-16-23(13-18-6-9-21(26)10-7-18)22-11-8-19(14-24(16)22)12-20(17(2)27)15-25(3,4)5/h6-11,14,20,23H,1,12-13,15H2,2-5H3. The Hall–Kier alpha value is -2.22. The van der Waals surface area contributed by atoms with Crippen molar-refractivity contribution in [1.29, 1.82) is 0 Å². The fraction of sp³-hybridized carbons (Fsp3) is 0.400. The lowest BCUT2D eigenvalue weighted by Gasteiger charge is -2.34. The summed E-state index contributed by atoms with van der Waals surface area (Å²) in [4.78, 5) is 12.1. The minimum Gasteiger partial charge on any atom is -0.300 e. The highest BCUT2D eigenvalue weighted by molar-refractivity contribution is 5.83.